The molecule has 1 unspecified atom stereocenters. The fraction of sp³-hybridized carbons (Fsp3) is 0.462. The van der Waals surface area contributed by atoms with Gasteiger partial charge < -0.3 is 15.4 Å². The number of anilines is 1. The van der Waals surface area contributed by atoms with Crippen LogP contribution in [0.5, 0.6) is 0 Å². The maximum atomic E-state index is 11.7. The van der Waals surface area contributed by atoms with Gasteiger partial charge in [-0.2, -0.15) is 0 Å². The fourth-order valence-electron chi connectivity index (χ4n) is 1.48. The van der Waals surface area contributed by atoms with E-state index in [9.17, 15) is 4.79 Å². The minimum atomic E-state index is -0.346. The van der Waals surface area contributed by atoms with Crippen LogP contribution in [0.25, 0.3) is 0 Å². The summed E-state index contributed by atoms with van der Waals surface area (Å²) in [6, 6.07) is 5.31. The third-order valence-electron chi connectivity index (χ3n) is 2.49. The summed E-state index contributed by atoms with van der Waals surface area (Å²) in [4.78, 5) is 11.7. The molecule has 0 saturated heterocycles. The molecule has 18 heavy (non-hydrogen) atoms. The lowest BCUT2D eigenvalue weighted by Crippen LogP contribution is -2.39. The quantitative estimate of drug-likeness (QED) is 0.780. The Balaban J connectivity index is 2.55. The monoisotopic (exact) mass is 270 g/mol. The van der Waals surface area contributed by atoms with Crippen LogP contribution in [0.1, 0.15) is 12.5 Å². The van der Waals surface area contributed by atoms with E-state index in [1.807, 2.05) is 25.1 Å². The fourth-order valence-corrected chi connectivity index (χ4v) is 1.65. The summed E-state index contributed by atoms with van der Waals surface area (Å²) in [6.07, 6.45) is 0. The van der Waals surface area contributed by atoms with Crippen molar-refractivity contribution in [2.45, 2.75) is 19.9 Å². The van der Waals surface area contributed by atoms with Crippen LogP contribution >= 0.6 is 11.6 Å². The molecule has 0 aliphatic rings. The van der Waals surface area contributed by atoms with Crippen LogP contribution < -0.4 is 10.6 Å². The second kappa shape index (κ2) is 7.24. The zero-order valence-corrected chi connectivity index (χ0v) is 11.7. The van der Waals surface area contributed by atoms with Gasteiger partial charge in [0.05, 0.1) is 17.3 Å². The Labute approximate surface area is 113 Å². The first-order chi connectivity index (χ1) is 8.54. The number of carbonyl (C=O) groups excluding carboxylic acids is 1. The summed E-state index contributed by atoms with van der Waals surface area (Å²) < 4.78 is 4.87. The second-order valence-corrected chi connectivity index (χ2v) is 4.54. The molecule has 0 aromatic heterocycles. The van der Waals surface area contributed by atoms with Gasteiger partial charge in [-0.3, -0.25) is 4.79 Å². The van der Waals surface area contributed by atoms with Crippen molar-refractivity contribution in [3.8, 4) is 0 Å². The summed E-state index contributed by atoms with van der Waals surface area (Å²) in [7, 11) is 1.60. The lowest BCUT2D eigenvalue weighted by atomic mass is 10.2. The Hall–Kier alpha value is -1.26. The lowest BCUT2D eigenvalue weighted by molar-refractivity contribution is -0.121. The van der Waals surface area contributed by atoms with Crippen LogP contribution in [0.2, 0.25) is 5.02 Å². The molecule has 1 atom stereocenters. The summed E-state index contributed by atoms with van der Waals surface area (Å²) in [6.45, 7) is 4.78. The molecule has 4 nitrogen and oxygen atoms in total. The standard InChI is InChI=1S/C13H19ClN2O2/c1-9-4-5-11(14)12(8-9)16-10(2)13(17)15-6-7-18-3/h4-5,8,10,16H,6-7H2,1-3H3,(H,15,17). The molecule has 1 aromatic carbocycles. The highest BCUT2D eigenvalue weighted by Gasteiger charge is 2.13. The summed E-state index contributed by atoms with van der Waals surface area (Å²) >= 11 is 6.06. The van der Waals surface area contributed by atoms with Gasteiger partial charge in [0.2, 0.25) is 5.91 Å². The molecule has 0 heterocycles. The number of ether oxygens (including phenoxy) is 1. The number of methoxy groups -OCH3 is 1. The largest absolute Gasteiger partial charge is 0.383 e. The third-order valence-corrected chi connectivity index (χ3v) is 2.82. The Morgan fingerprint density at radius 1 is 1.50 bits per heavy atom. The van der Waals surface area contributed by atoms with Gasteiger partial charge in [-0.25, -0.2) is 0 Å². The summed E-state index contributed by atoms with van der Waals surface area (Å²) in [5.74, 6) is -0.0791. The van der Waals surface area contributed by atoms with E-state index in [-0.39, 0.29) is 11.9 Å². The molecule has 1 amide bonds. The molecular formula is C13H19ClN2O2. The third kappa shape index (κ3) is 4.55. The molecule has 0 fully saturated rings. The number of hydrogen-bond acceptors (Lipinski definition) is 3. The molecule has 2 N–H and O–H groups in total. The predicted molar refractivity (Wildman–Crippen MR) is 74.2 cm³/mol. The van der Waals surface area contributed by atoms with Crippen LogP contribution in [-0.4, -0.2) is 32.2 Å². The first-order valence-corrected chi connectivity index (χ1v) is 6.21. The van der Waals surface area contributed by atoms with Gasteiger partial charge in [0.1, 0.15) is 6.04 Å². The maximum Gasteiger partial charge on any atom is 0.242 e. The number of rotatable bonds is 6. The molecule has 0 aliphatic carbocycles. The van der Waals surface area contributed by atoms with E-state index in [1.165, 1.54) is 0 Å². The smallest absolute Gasteiger partial charge is 0.242 e. The first kappa shape index (κ1) is 14.8. The van der Waals surface area contributed by atoms with Crippen molar-refractivity contribution < 1.29 is 9.53 Å². The molecule has 100 valence electrons. The van der Waals surface area contributed by atoms with E-state index < -0.39 is 0 Å². The average Bonchev–Trinajstić information content (AvgIpc) is 2.34. The molecule has 0 spiro atoms. The van der Waals surface area contributed by atoms with Crippen LogP contribution in [-0.2, 0) is 9.53 Å². The minimum absolute atomic E-state index is 0.0791. The van der Waals surface area contributed by atoms with E-state index in [4.69, 9.17) is 16.3 Å². The number of aryl methyl sites for hydroxylation is 1. The first-order valence-electron chi connectivity index (χ1n) is 5.84. The van der Waals surface area contributed by atoms with E-state index >= 15 is 0 Å². The van der Waals surface area contributed by atoms with Crippen molar-refractivity contribution in [1.82, 2.24) is 5.32 Å². The van der Waals surface area contributed by atoms with Crippen LogP contribution in [0.15, 0.2) is 18.2 Å². The lowest BCUT2D eigenvalue weighted by Gasteiger charge is -2.16. The Morgan fingerprint density at radius 3 is 2.89 bits per heavy atom. The Bertz CT molecular complexity index is 410. The molecule has 0 aliphatic heterocycles. The van der Waals surface area contributed by atoms with Crippen LogP contribution in [0, 0.1) is 6.92 Å². The maximum absolute atomic E-state index is 11.7. The molecule has 0 saturated carbocycles. The summed E-state index contributed by atoms with van der Waals surface area (Å²) in [5, 5.41) is 6.47. The van der Waals surface area contributed by atoms with Gasteiger partial charge in [0.15, 0.2) is 0 Å². The Morgan fingerprint density at radius 2 is 2.22 bits per heavy atom. The van der Waals surface area contributed by atoms with Gasteiger partial charge in [0.25, 0.3) is 0 Å². The molecule has 5 heteroatoms. The highest BCUT2D eigenvalue weighted by Crippen LogP contribution is 2.23. The van der Waals surface area contributed by atoms with Gasteiger partial charge in [0, 0.05) is 13.7 Å². The number of benzene rings is 1. The number of halogens is 1. The SMILES string of the molecule is COCCNC(=O)C(C)Nc1cc(C)ccc1Cl. The minimum Gasteiger partial charge on any atom is -0.383 e. The van der Waals surface area contributed by atoms with E-state index in [0.29, 0.717) is 18.2 Å². The van der Waals surface area contributed by atoms with E-state index in [0.717, 1.165) is 11.3 Å². The van der Waals surface area contributed by atoms with Crippen LogP contribution in [0.4, 0.5) is 5.69 Å². The number of hydrogen-bond donors (Lipinski definition) is 2. The van der Waals surface area contributed by atoms with Gasteiger partial charge in [-0.05, 0) is 31.5 Å². The Kier molecular flexibility index (Phi) is 5.95. The zero-order valence-electron chi connectivity index (χ0n) is 10.9. The summed E-state index contributed by atoms with van der Waals surface area (Å²) in [5.41, 5.74) is 1.86. The number of amides is 1. The van der Waals surface area contributed by atoms with Crippen molar-refractivity contribution in [2.75, 3.05) is 25.6 Å². The van der Waals surface area contributed by atoms with Crippen molar-refractivity contribution in [3.05, 3.63) is 28.8 Å². The number of nitrogens with one attached hydrogen (secondary N) is 2. The van der Waals surface area contributed by atoms with Gasteiger partial charge in [-0.1, -0.05) is 17.7 Å². The number of carbonyl (C=O) groups is 1. The van der Waals surface area contributed by atoms with Crippen molar-refractivity contribution >= 4 is 23.2 Å². The molecular weight excluding hydrogens is 252 g/mol. The van der Waals surface area contributed by atoms with E-state index in [1.54, 1.807) is 14.0 Å². The average molecular weight is 271 g/mol. The predicted octanol–water partition coefficient (Wildman–Crippen LogP) is 2.21. The molecule has 0 radical (unpaired) electrons. The van der Waals surface area contributed by atoms with Gasteiger partial charge in [-0.15, -0.1) is 0 Å². The van der Waals surface area contributed by atoms with Crippen molar-refractivity contribution in [3.63, 3.8) is 0 Å². The normalized spacial score (nSPS) is 12.0. The van der Waals surface area contributed by atoms with Gasteiger partial charge >= 0.3 is 0 Å². The second-order valence-electron chi connectivity index (χ2n) is 4.13. The molecule has 1 aromatic rings. The van der Waals surface area contributed by atoms with Crippen molar-refractivity contribution in [1.29, 1.82) is 0 Å². The van der Waals surface area contributed by atoms with Crippen molar-refractivity contribution in [2.24, 2.45) is 0 Å². The molecule has 1 rings (SSSR count). The highest BCUT2D eigenvalue weighted by molar-refractivity contribution is 6.33. The topological polar surface area (TPSA) is 50.4 Å². The molecule has 0 bridgehead atoms. The van der Waals surface area contributed by atoms with Crippen LogP contribution in [0.3, 0.4) is 0 Å². The highest BCUT2D eigenvalue weighted by atomic mass is 35.5. The van der Waals surface area contributed by atoms with E-state index in [2.05, 4.69) is 10.6 Å². The zero-order chi connectivity index (χ0) is 13.5.